The Morgan fingerprint density at radius 2 is 1.94 bits per heavy atom. The van der Waals surface area contributed by atoms with E-state index in [1.807, 2.05) is 36.4 Å². The smallest absolute Gasteiger partial charge is 0.143 e. The molecule has 0 aliphatic rings. The van der Waals surface area contributed by atoms with Gasteiger partial charge in [0.15, 0.2) is 0 Å². The number of hydrogen-bond acceptors (Lipinski definition) is 8. The zero-order valence-electron chi connectivity index (χ0n) is 18.9. The van der Waals surface area contributed by atoms with E-state index in [0.717, 1.165) is 45.8 Å². The summed E-state index contributed by atoms with van der Waals surface area (Å²) in [6.45, 7) is 1.93. The van der Waals surface area contributed by atoms with E-state index in [2.05, 4.69) is 43.8 Å². The summed E-state index contributed by atoms with van der Waals surface area (Å²) in [4.78, 5) is 14.2. The average molecular weight is 506 g/mol. The summed E-state index contributed by atoms with van der Waals surface area (Å²) in [5, 5.41) is 18.1. The normalized spacial score (nSPS) is 11.3. The minimum absolute atomic E-state index is 0.149. The number of benzene rings is 2. The van der Waals surface area contributed by atoms with E-state index >= 15 is 0 Å². The predicted molar refractivity (Wildman–Crippen MR) is 142 cm³/mol. The fourth-order valence-electron chi connectivity index (χ4n) is 3.81. The summed E-state index contributed by atoms with van der Waals surface area (Å²) in [5.41, 5.74) is 2.89. The molecule has 3 heterocycles. The Balaban J connectivity index is 1.35. The molecule has 3 aromatic heterocycles. The molecule has 3 N–H and O–H groups in total. The van der Waals surface area contributed by atoms with Crippen LogP contribution in [-0.2, 0) is 13.0 Å². The molecule has 178 valence electrons. The van der Waals surface area contributed by atoms with Crippen molar-refractivity contribution in [2.75, 3.05) is 25.0 Å². The maximum absolute atomic E-state index is 8.92. The molecule has 5 rings (SSSR count). The van der Waals surface area contributed by atoms with Crippen molar-refractivity contribution < 1.29 is 9.84 Å². The highest BCUT2D eigenvalue weighted by atomic mass is 35.5. The number of aliphatic hydroxyl groups excluding tert-OH is 1. The topological polar surface area (TPSA) is 92.2 Å². The van der Waals surface area contributed by atoms with Gasteiger partial charge < -0.3 is 20.5 Å². The van der Waals surface area contributed by atoms with Crippen molar-refractivity contribution in [3.05, 3.63) is 83.4 Å². The number of hydrogen-bond donors (Lipinski definition) is 3. The predicted octanol–water partition coefficient (Wildman–Crippen LogP) is 5.34. The van der Waals surface area contributed by atoms with Gasteiger partial charge in [0.1, 0.15) is 29.3 Å². The third-order valence-corrected chi connectivity index (χ3v) is 6.87. The lowest BCUT2D eigenvalue weighted by Crippen LogP contribution is -2.20. The highest BCUT2D eigenvalue weighted by Crippen LogP contribution is 2.38. The Kier molecular flexibility index (Phi) is 7.34. The molecule has 0 bridgehead atoms. The van der Waals surface area contributed by atoms with E-state index in [9.17, 15) is 0 Å². The van der Waals surface area contributed by atoms with E-state index in [1.54, 1.807) is 23.9 Å². The molecule has 0 aliphatic heterocycles. The van der Waals surface area contributed by atoms with Crippen LogP contribution in [0.4, 0.5) is 11.5 Å². The zero-order chi connectivity index (χ0) is 24.0. The number of ether oxygens (including phenoxy) is 1. The number of anilines is 2. The fourth-order valence-corrected chi connectivity index (χ4v) is 5.15. The molecule has 0 radical (unpaired) electrons. The lowest BCUT2D eigenvalue weighted by atomic mass is 10.1. The Hall–Kier alpha value is -3.30. The number of nitrogens with one attached hydrogen (secondary N) is 2. The van der Waals surface area contributed by atoms with Crippen LogP contribution in [0.2, 0.25) is 5.02 Å². The molecule has 0 spiro atoms. The maximum Gasteiger partial charge on any atom is 0.143 e. The molecular weight excluding hydrogens is 482 g/mol. The van der Waals surface area contributed by atoms with E-state index < -0.39 is 0 Å². The Morgan fingerprint density at radius 3 is 2.77 bits per heavy atom. The minimum atomic E-state index is 0.149. The monoisotopic (exact) mass is 505 g/mol. The summed E-state index contributed by atoms with van der Waals surface area (Å²) in [5.74, 6) is 1.33. The van der Waals surface area contributed by atoms with Crippen LogP contribution in [0.15, 0.2) is 67.1 Å². The molecular formula is C26H24ClN5O2S. The number of fused-ring (bicyclic) bond motifs is 3. The van der Waals surface area contributed by atoms with Crippen molar-refractivity contribution in [3.8, 4) is 5.75 Å². The highest BCUT2D eigenvalue weighted by Gasteiger charge is 2.13. The third-order valence-electron chi connectivity index (χ3n) is 5.51. The number of nitrogens with zero attached hydrogens (tertiary/aromatic N) is 3. The molecule has 2 aromatic carbocycles. The van der Waals surface area contributed by atoms with Crippen LogP contribution in [0.1, 0.15) is 11.3 Å². The fraction of sp³-hybridized carbons (Fsp3) is 0.192. The van der Waals surface area contributed by atoms with Gasteiger partial charge in [0, 0.05) is 28.5 Å². The van der Waals surface area contributed by atoms with Gasteiger partial charge in [-0.05, 0) is 54.9 Å². The van der Waals surface area contributed by atoms with Crippen LogP contribution >= 0.6 is 22.9 Å². The summed E-state index contributed by atoms with van der Waals surface area (Å²) >= 11 is 8.15. The number of pyridine rings is 1. The first-order chi connectivity index (χ1) is 17.2. The van der Waals surface area contributed by atoms with E-state index in [0.29, 0.717) is 23.9 Å². The summed E-state index contributed by atoms with van der Waals surface area (Å²) in [6, 6.07) is 17.8. The van der Waals surface area contributed by atoms with Crippen molar-refractivity contribution >= 4 is 54.7 Å². The van der Waals surface area contributed by atoms with Gasteiger partial charge in [-0.25, -0.2) is 9.97 Å². The molecule has 0 atom stereocenters. The summed E-state index contributed by atoms with van der Waals surface area (Å²) in [7, 11) is 0. The number of rotatable bonds is 10. The van der Waals surface area contributed by atoms with Crippen LogP contribution < -0.4 is 15.4 Å². The minimum Gasteiger partial charge on any atom is -0.486 e. The molecule has 0 saturated heterocycles. The standard InChI is InChI=1S/C26H24ClN5O2S/c27-21-14-18(5-7-22(21)34-15-19-3-1-2-9-29-19)32-25-24-20-6-4-17(8-10-28-11-12-33)13-23(20)35-26(24)31-16-30-25/h1-7,9,13-14,16,28,33H,8,10-12,15H2,(H,30,31,32). The molecule has 0 fully saturated rings. The molecule has 35 heavy (non-hydrogen) atoms. The summed E-state index contributed by atoms with van der Waals surface area (Å²) < 4.78 is 7.00. The van der Waals surface area contributed by atoms with E-state index in [4.69, 9.17) is 21.4 Å². The van der Waals surface area contributed by atoms with Gasteiger partial charge in [-0.3, -0.25) is 4.98 Å². The van der Waals surface area contributed by atoms with Crippen LogP contribution in [0.5, 0.6) is 5.75 Å². The molecule has 5 aromatic rings. The largest absolute Gasteiger partial charge is 0.486 e. The first-order valence-corrected chi connectivity index (χ1v) is 12.5. The Bertz CT molecular complexity index is 1440. The van der Waals surface area contributed by atoms with E-state index in [-0.39, 0.29) is 6.61 Å². The Labute approximate surface area is 211 Å². The van der Waals surface area contributed by atoms with Crippen molar-refractivity contribution in [3.63, 3.8) is 0 Å². The van der Waals surface area contributed by atoms with Gasteiger partial charge in [0.2, 0.25) is 0 Å². The van der Waals surface area contributed by atoms with Gasteiger partial charge in [-0.2, -0.15) is 0 Å². The van der Waals surface area contributed by atoms with Crippen molar-refractivity contribution in [2.45, 2.75) is 13.0 Å². The lowest BCUT2D eigenvalue weighted by molar-refractivity contribution is 0.293. The first kappa shape index (κ1) is 23.4. The second-order valence-corrected chi connectivity index (χ2v) is 9.38. The van der Waals surface area contributed by atoms with Gasteiger partial charge in [0.05, 0.1) is 22.7 Å². The van der Waals surface area contributed by atoms with Crippen LogP contribution in [0, 0.1) is 0 Å². The second-order valence-electron chi connectivity index (χ2n) is 7.94. The van der Waals surface area contributed by atoms with Gasteiger partial charge in [0.25, 0.3) is 0 Å². The highest BCUT2D eigenvalue weighted by molar-refractivity contribution is 7.25. The quantitative estimate of drug-likeness (QED) is 0.221. The van der Waals surface area contributed by atoms with Crippen molar-refractivity contribution in [1.29, 1.82) is 0 Å². The van der Waals surface area contributed by atoms with Crippen LogP contribution in [-0.4, -0.2) is 39.8 Å². The zero-order valence-corrected chi connectivity index (χ0v) is 20.4. The SMILES string of the molecule is OCCNCCc1ccc2c(c1)sc1ncnc(Nc3ccc(OCc4ccccn4)c(Cl)c3)c12. The average Bonchev–Trinajstić information content (AvgIpc) is 3.25. The van der Waals surface area contributed by atoms with Crippen molar-refractivity contribution in [1.82, 2.24) is 20.3 Å². The molecule has 0 unspecified atom stereocenters. The molecule has 0 saturated carbocycles. The van der Waals surface area contributed by atoms with Gasteiger partial charge >= 0.3 is 0 Å². The molecule has 0 aliphatic carbocycles. The first-order valence-electron chi connectivity index (χ1n) is 11.3. The molecule has 7 nitrogen and oxygen atoms in total. The van der Waals surface area contributed by atoms with Crippen LogP contribution in [0.25, 0.3) is 20.3 Å². The third kappa shape index (κ3) is 5.52. The number of halogens is 1. The summed E-state index contributed by atoms with van der Waals surface area (Å²) in [6.07, 6.45) is 4.21. The molecule has 0 amide bonds. The van der Waals surface area contributed by atoms with Crippen LogP contribution in [0.3, 0.4) is 0 Å². The Morgan fingerprint density at radius 1 is 1.00 bits per heavy atom. The maximum atomic E-state index is 8.92. The van der Waals surface area contributed by atoms with Crippen molar-refractivity contribution in [2.24, 2.45) is 0 Å². The number of aromatic nitrogens is 3. The van der Waals surface area contributed by atoms with Gasteiger partial charge in [-0.1, -0.05) is 29.8 Å². The number of aliphatic hydroxyl groups is 1. The number of thiophene rings is 1. The van der Waals surface area contributed by atoms with Gasteiger partial charge in [-0.15, -0.1) is 11.3 Å². The lowest BCUT2D eigenvalue weighted by Gasteiger charge is -2.11. The molecule has 9 heteroatoms. The second kappa shape index (κ2) is 11.0. The van der Waals surface area contributed by atoms with E-state index in [1.165, 1.54) is 10.3 Å².